The molecule has 5 fully saturated rings. The standard InChI is InChI=1S/C23H28N8O/c24-17-10-25-16(9-26-17)18-19-22(30(12-27-19)7-6-13-4-2-1-3-5-13)29-23(28-18)31-11-14-8-15-20(31)21(15)32-14/h9-10,12-15,20-21H,1-8,11H2,(H2,24,26). The van der Waals surface area contributed by atoms with E-state index in [9.17, 15) is 0 Å². The summed E-state index contributed by atoms with van der Waals surface area (Å²) in [5, 5.41) is 0. The topological polar surface area (TPSA) is 108 Å². The van der Waals surface area contributed by atoms with Crippen LogP contribution in [0.5, 0.6) is 0 Å². The molecule has 0 amide bonds. The van der Waals surface area contributed by atoms with Crippen LogP contribution >= 0.6 is 0 Å². The van der Waals surface area contributed by atoms with Crippen LogP contribution in [0.15, 0.2) is 18.7 Å². The van der Waals surface area contributed by atoms with E-state index in [1.807, 2.05) is 6.33 Å². The van der Waals surface area contributed by atoms with Gasteiger partial charge >= 0.3 is 0 Å². The van der Waals surface area contributed by atoms with Crippen molar-refractivity contribution in [3.05, 3.63) is 18.7 Å². The third-order valence-electron chi connectivity index (χ3n) is 7.83. The number of imidazole rings is 1. The van der Waals surface area contributed by atoms with Crippen LogP contribution in [0.1, 0.15) is 44.9 Å². The Hall–Kier alpha value is -2.81. The maximum atomic E-state index is 6.06. The summed E-state index contributed by atoms with van der Waals surface area (Å²) in [6.45, 7) is 1.79. The average Bonchev–Trinajstić information content (AvgIpc) is 3.18. The maximum Gasteiger partial charge on any atom is 0.228 e. The van der Waals surface area contributed by atoms with Crippen molar-refractivity contribution >= 4 is 22.9 Å². The van der Waals surface area contributed by atoms with Crippen molar-refractivity contribution in [1.82, 2.24) is 29.5 Å². The van der Waals surface area contributed by atoms with Gasteiger partial charge < -0.3 is 19.9 Å². The van der Waals surface area contributed by atoms with Gasteiger partial charge in [0.05, 0.1) is 37.0 Å². The molecule has 5 aliphatic rings. The second kappa shape index (κ2) is 7.10. The highest BCUT2D eigenvalue weighted by atomic mass is 16.5. The Balaban J connectivity index is 1.28. The molecule has 3 aromatic rings. The third kappa shape index (κ3) is 2.97. The molecule has 166 valence electrons. The molecular formula is C23H28N8O. The zero-order valence-electron chi connectivity index (χ0n) is 18.1. The Kier molecular flexibility index (Phi) is 4.15. The van der Waals surface area contributed by atoms with Gasteiger partial charge in [-0.05, 0) is 18.8 Å². The predicted molar refractivity (Wildman–Crippen MR) is 120 cm³/mol. The Morgan fingerprint density at radius 2 is 1.97 bits per heavy atom. The summed E-state index contributed by atoms with van der Waals surface area (Å²) in [6, 6.07) is 0.404. The van der Waals surface area contributed by atoms with Gasteiger partial charge in [0, 0.05) is 19.0 Å². The number of morpholine rings is 1. The van der Waals surface area contributed by atoms with Gasteiger partial charge in [0.15, 0.2) is 5.65 Å². The zero-order chi connectivity index (χ0) is 21.2. The number of rotatable bonds is 5. The Morgan fingerprint density at radius 1 is 1.06 bits per heavy atom. The lowest BCUT2D eigenvalue weighted by atomic mass is 9.87. The molecule has 2 saturated carbocycles. The first kappa shape index (κ1) is 18.7. The second-order valence-corrected chi connectivity index (χ2v) is 9.87. The summed E-state index contributed by atoms with van der Waals surface area (Å²) in [7, 11) is 0. The molecule has 3 aromatic heterocycles. The molecule has 4 bridgehead atoms. The number of piperidine rings is 1. The van der Waals surface area contributed by atoms with Crippen LogP contribution in [0.3, 0.4) is 0 Å². The van der Waals surface area contributed by atoms with E-state index in [1.165, 1.54) is 44.9 Å². The number of hydrogen-bond acceptors (Lipinski definition) is 8. The highest BCUT2D eigenvalue weighted by molar-refractivity contribution is 5.87. The summed E-state index contributed by atoms with van der Waals surface area (Å²) in [5.41, 5.74) is 8.85. The number of anilines is 2. The molecule has 4 unspecified atom stereocenters. The fourth-order valence-corrected chi connectivity index (χ4v) is 6.10. The number of hydrogen-bond donors (Lipinski definition) is 1. The van der Waals surface area contributed by atoms with E-state index in [2.05, 4.69) is 19.4 Å². The third-order valence-corrected chi connectivity index (χ3v) is 7.83. The lowest BCUT2D eigenvalue weighted by Gasteiger charge is -2.34. The van der Waals surface area contributed by atoms with Gasteiger partial charge in [-0.3, -0.25) is 0 Å². The molecule has 32 heavy (non-hydrogen) atoms. The van der Waals surface area contributed by atoms with Crippen LogP contribution in [0.25, 0.3) is 22.6 Å². The van der Waals surface area contributed by atoms with Crippen LogP contribution in [0.2, 0.25) is 0 Å². The van der Waals surface area contributed by atoms with Gasteiger partial charge in [-0.2, -0.15) is 4.98 Å². The summed E-state index contributed by atoms with van der Waals surface area (Å²) in [4.78, 5) is 25.8. The first-order valence-electron chi connectivity index (χ1n) is 12.0. The van der Waals surface area contributed by atoms with Crippen molar-refractivity contribution in [2.24, 2.45) is 11.8 Å². The molecule has 2 aliphatic carbocycles. The van der Waals surface area contributed by atoms with E-state index >= 15 is 0 Å². The Morgan fingerprint density at radius 3 is 2.72 bits per heavy atom. The highest BCUT2D eigenvalue weighted by Crippen LogP contribution is 2.54. The van der Waals surface area contributed by atoms with Crippen LogP contribution in [-0.4, -0.2) is 54.3 Å². The highest BCUT2D eigenvalue weighted by Gasteiger charge is 2.65. The van der Waals surface area contributed by atoms with Gasteiger partial charge in [0.25, 0.3) is 0 Å². The van der Waals surface area contributed by atoms with Crippen molar-refractivity contribution in [3.63, 3.8) is 0 Å². The van der Waals surface area contributed by atoms with Crippen molar-refractivity contribution in [3.8, 4) is 11.4 Å². The summed E-state index contributed by atoms with van der Waals surface area (Å²) in [6.07, 6.45) is 15.0. The molecule has 0 aromatic carbocycles. The first-order chi connectivity index (χ1) is 15.7. The number of nitrogens with two attached hydrogens (primary N) is 1. The van der Waals surface area contributed by atoms with Crippen LogP contribution in [-0.2, 0) is 11.3 Å². The summed E-state index contributed by atoms with van der Waals surface area (Å²) >= 11 is 0. The maximum absolute atomic E-state index is 6.06. The monoisotopic (exact) mass is 432 g/mol. The van der Waals surface area contributed by atoms with Gasteiger partial charge in [-0.1, -0.05) is 32.1 Å². The summed E-state index contributed by atoms with van der Waals surface area (Å²) < 4.78 is 8.27. The molecule has 3 aliphatic heterocycles. The molecule has 2 N–H and O–H groups in total. The fraction of sp³-hybridized carbons (Fsp3) is 0.609. The van der Waals surface area contributed by atoms with Crippen molar-refractivity contribution in [2.45, 2.75) is 69.7 Å². The smallest absolute Gasteiger partial charge is 0.228 e. The van der Waals surface area contributed by atoms with Gasteiger partial charge in [0.2, 0.25) is 5.95 Å². The van der Waals surface area contributed by atoms with Crippen molar-refractivity contribution in [2.75, 3.05) is 17.2 Å². The van der Waals surface area contributed by atoms with Crippen LogP contribution in [0.4, 0.5) is 11.8 Å². The molecule has 9 heteroatoms. The van der Waals surface area contributed by atoms with E-state index in [1.54, 1.807) is 12.4 Å². The molecule has 9 nitrogen and oxygen atoms in total. The Bertz CT molecular complexity index is 1140. The number of ether oxygens (including phenoxy) is 1. The van der Waals surface area contributed by atoms with E-state index in [0.29, 0.717) is 35.7 Å². The number of fused-ring (bicyclic) bond motifs is 2. The molecule has 8 rings (SSSR count). The second-order valence-electron chi connectivity index (χ2n) is 9.87. The van der Waals surface area contributed by atoms with E-state index < -0.39 is 0 Å². The van der Waals surface area contributed by atoms with Gasteiger partial charge in [-0.25, -0.2) is 19.9 Å². The minimum absolute atomic E-state index is 0.297. The molecule has 6 heterocycles. The van der Waals surface area contributed by atoms with Gasteiger partial charge in [-0.15, -0.1) is 0 Å². The quantitative estimate of drug-likeness (QED) is 0.656. The number of nitrogen functional groups attached to an aromatic ring is 1. The van der Waals surface area contributed by atoms with E-state index in [4.69, 9.17) is 25.4 Å². The molecule has 3 saturated heterocycles. The van der Waals surface area contributed by atoms with E-state index in [0.717, 1.165) is 41.8 Å². The van der Waals surface area contributed by atoms with Crippen LogP contribution in [0, 0.1) is 11.8 Å². The zero-order valence-corrected chi connectivity index (χ0v) is 18.1. The van der Waals surface area contributed by atoms with E-state index in [-0.39, 0.29) is 0 Å². The molecule has 0 radical (unpaired) electrons. The largest absolute Gasteiger partial charge is 0.382 e. The number of aryl methyl sites for hydroxylation is 1. The SMILES string of the molecule is Nc1cnc(-c2nc(N3CC4CC5C(O4)C53)nc3c2ncn3CCC2CCCCC2)cn1. The van der Waals surface area contributed by atoms with Gasteiger partial charge in [0.1, 0.15) is 22.7 Å². The van der Waals surface area contributed by atoms with Crippen LogP contribution < -0.4 is 10.6 Å². The number of nitrogens with zero attached hydrogens (tertiary/aromatic N) is 7. The molecule has 4 atom stereocenters. The molecular weight excluding hydrogens is 404 g/mol. The lowest BCUT2D eigenvalue weighted by Crippen LogP contribution is -2.45. The fourth-order valence-electron chi connectivity index (χ4n) is 6.10. The summed E-state index contributed by atoms with van der Waals surface area (Å²) in [5.74, 6) is 2.59. The van der Waals surface area contributed by atoms with Crippen molar-refractivity contribution in [1.29, 1.82) is 0 Å². The minimum Gasteiger partial charge on any atom is -0.382 e. The lowest BCUT2D eigenvalue weighted by molar-refractivity contribution is 0.0490. The van der Waals surface area contributed by atoms with Crippen molar-refractivity contribution < 1.29 is 4.74 Å². The molecule has 0 spiro atoms. The number of aromatic nitrogens is 6. The predicted octanol–water partition coefficient (Wildman–Crippen LogP) is 2.81. The first-order valence-corrected chi connectivity index (χ1v) is 12.0. The average molecular weight is 433 g/mol. The minimum atomic E-state index is 0.297. The normalized spacial score (nSPS) is 29.1. The Labute approximate surface area is 186 Å².